The number of nitro groups is 1. The van der Waals surface area contributed by atoms with Crippen LogP contribution in [0.3, 0.4) is 0 Å². The van der Waals surface area contributed by atoms with E-state index in [1.165, 1.54) is 28.2 Å². The molecule has 25 heavy (non-hydrogen) atoms. The Morgan fingerprint density at radius 1 is 1.16 bits per heavy atom. The fourth-order valence-electron chi connectivity index (χ4n) is 3.52. The number of aromatic nitrogens is 2. The first kappa shape index (κ1) is 15.4. The van der Waals surface area contributed by atoms with Gasteiger partial charge in [0.1, 0.15) is 0 Å². The number of hydrogen-bond acceptors (Lipinski definition) is 4. The molecule has 0 unspecified atom stereocenters. The number of aryl methyl sites for hydroxylation is 1. The van der Waals surface area contributed by atoms with Crippen molar-refractivity contribution in [3.63, 3.8) is 0 Å². The van der Waals surface area contributed by atoms with Crippen molar-refractivity contribution < 1.29 is 4.92 Å². The second kappa shape index (κ2) is 6.05. The molecule has 3 aromatic rings. The first-order valence-electron chi connectivity index (χ1n) is 8.23. The third kappa shape index (κ3) is 2.65. The van der Waals surface area contributed by atoms with Gasteiger partial charge in [-0.05, 0) is 38.2 Å². The Kier molecular flexibility index (Phi) is 3.72. The Hall–Kier alpha value is -3.15. The van der Waals surface area contributed by atoms with Crippen molar-refractivity contribution in [2.24, 2.45) is 7.05 Å². The molecule has 0 radical (unpaired) electrons. The summed E-state index contributed by atoms with van der Waals surface area (Å²) in [5.41, 5.74) is 2.54. The Morgan fingerprint density at radius 2 is 1.96 bits per heavy atom. The summed E-state index contributed by atoms with van der Waals surface area (Å²) in [7, 11) is 1.79. The van der Waals surface area contributed by atoms with Gasteiger partial charge in [-0.15, -0.1) is 0 Å². The first-order valence-corrected chi connectivity index (χ1v) is 8.23. The van der Waals surface area contributed by atoms with Crippen LogP contribution in [-0.4, -0.2) is 27.6 Å². The summed E-state index contributed by atoms with van der Waals surface area (Å²) in [5.74, 6) is 0.489. The molecular weight excluding hydrogens is 316 g/mol. The van der Waals surface area contributed by atoms with E-state index in [-0.39, 0.29) is 5.82 Å². The highest BCUT2D eigenvalue weighted by atomic mass is 16.6. The molecular formula is C19H18N4O2. The van der Waals surface area contributed by atoms with Gasteiger partial charge < -0.3 is 15.0 Å². The van der Waals surface area contributed by atoms with E-state index in [1.807, 2.05) is 11.0 Å². The zero-order valence-electron chi connectivity index (χ0n) is 13.9. The van der Waals surface area contributed by atoms with Gasteiger partial charge in [0.25, 0.3) is 0 Å². The minimum atomic E-state index is -0.417. The van der Waals surface area contributed by atoms with Crippen LogP contribution in [0.4, 0.5) is 11.6 Å². The highest BCUT2D eigenvalue weighted by Gasteiger charge is 2.27. The van der Waals surface area contributed by atoms with Crippen molar-refractivity contribution in [3.8, 4) is 0 Å². The number of imidazole rings is 1. The van der Waals surface area contributed by atoms with Gasteiger partial charge in [-0.1, -0.05) is 48.5 Å². The van der Waals surface area contributed by atoms with Crippen LogP contribution in [0.15, 0.2) is 54.9 Å². The molecule has 4 rings (SSSR count). The maximum atomic E-state index is 11.2. The second-order valence-corrected chi connectivity index (χ2v) is 6.21. The van der Waals surface area contributed by atoms with E-state index in [9.17, 15) is 10.1 Å². The van der Waals surface area contributed by atoms with E-state index < -0.39 is 4.92 Å². The van der Waals surface area contributed by atoms with E-state index in [0.29, 0.717) is 12.4 Å². The second-order valence-electron chi connectivity index (χ2n) is 6.21. The van der Waals surface area contributed by atoms with E-state index in [2.05, 4.69) is 47.5 Å². The number of fused-ring (bicyclic) bond motifs is 1. The van der Waals surface area contributed by atoms with Crippen molar-refractivity contribution in [1.29, 1.82) is 0 Å². The topological polar surface area (TPSA) is 64.2 Å². The maximum absolute atomic E-state index is 11.2. The summed E-state index contributed by atoms with van der Waals surface area (Å²) in [6, 6.07) is 14.7. The predicted molar refractivity (Wildman–Crippen MR) is 98.6 cm³/mol. The van der Waals surface area contributed by atoms with Crippen molar-refractivity contribution in [1.82, 2.24) is 9.55 Å². The minimum Gasteiger partial charge on any atom is -0.358 e. The lowest BCUT2D eigenvalue weighted by molar-refractivity contribution is -0.388. The number of hydrogen-bond donors (Lipinski definition) is 0. The number of rotatable bonds is 3. The predicted octanol–water partition coefficient (Wildman–Crippen LogP) is 3.78. The summed E-state index contributed by atoms with van der Waals surface area (Å²) in [6.07, 6.45) is 4.51. The van der Waals surface area contributed by atoms with Gasteiger partial charge in [0.15, 0.2) is 0 Å². The van der Waals surface area contributed by atoms with Gasteiger partial charge in [-0.25, -0.2) is 0 Å². The molecule has 1 aliphatic rings. The maximum Gasteiger partial charge on any atom is 0.406 e. The fourth-order valence-corrected chi connectivity index (χ4v) is 3.52. The molecule has 1 aliphatic heterocycles. The van der Waals surface area contributed by atoms with E-state index in [1.54, 1.807) is 11.6 Å². The fraction of sp³-hybridized carbons (Fsp3) is 0.211. The van der Waals surface area contributed by atoms with E-state index in [4.69, 9.17) is 0 Å². The lowest BCUT2D eigenvalue weighted by atomic mass is 9.94. The lowest BCUT2D eigenvalue weighted by Gasteiger charge is -2.28. The van der Waals surface area contributed by atoms with Gasteiger partial charge >= 0.3 is 5.82 Å². The number of nitrogens with zero attached hydrogens (tertiary/aromatic N) is 4. The Bertz CT molecular complexity index is 985. The molecule has 0 N–H and O–H groups in total. The summed E-state index contributed by atoms with van der Waals surface area (Å²) >= 11 is 0. The first-order chi connectivity index (χ1) is 12.1. The SMILES string of the molecule is Cn1cnc([N+](=O)[O-])c1N1CC=C(c2cccc3ccccc23)CC1. The number of anilines is 1. The highest BCUT2D eigenvalue weighted by Crippen LogP contribution is 2.33. The molecule has 1 aromatic heterocycles. The van der Waals surface area contributed by atoms with Crippen molar-refractivity contribution in [2.45, 2.75) is 6.42 Å². The molecule has 0 aliphatic carbocycles. The molecule has 2 aromatic carbocycles. The molecule has 0 spiro atoms. The minimum absolute atomic E-state index is 0.0792. The average molecular weight is 334 g/mol. The Labute approximate surface area is 145 Å². The smallest absolute Gasteiger partial charge is 0.358 e. The van der Waals surface area contributed by atoms with Crippen LogP contribution < -0.4 is 4.90 Å². The van der Waals surface area contributed by atoms with E-state index in [0.717, 1.165) is 13.0 Å². The molecule has 126 valence electrons. The van der Waals surface area contributed by atoms with Crippen molar-refractivity contribution in [2.75, 3.05) is 18.0 Å². The highest BCUT2D eigenvalue weighted by molar-refractivity contribution is 5.94. The third-order valence-corrected chi connectivity index (χ3v) is 4.70. The van der Waals surface area contributed by atoms with Gasteiger partial charge in [-0.3, -0.25) is 4.57 Å². The largest absolute Gasteiger partial charge is 0.406 e. The summed E-state index contributed by atoms with van der Waals surface area (Å²) in [6.45, 7) is 1.37. The van der Waals surface area contributed by atoms with Crippen LogP contribution in [-0.2, 0) is 7.05 Å². The van der Waals surface area contributed by atoms with Crippen LogP contribution in [0.25, 0.3) is 16.3 Å². The van der Waals surface area contributed by atoms with Gasteiger partial charge in [-0.2, -0.15) is 0 Å². The Morgan fingerprint density at radius 3 is 2.72 bits per heavy atom. The van der Waals surface area contributed by atoms with E-state index >= 15 is 0 Å². The van der Waals surface area contributed by atoms with Crippen LogP contribution in [0.5, 0.6) is 0 Å². The monoisotopic (exact) mass is 334 g/mol. The third-order valence-electron chi connectivity index (χ3n) is 4.70. The average Bonchev–Trinajstić information content (AvgIpc) is 3.03. The van der Waals surface area contributed by atoms with Crippen LogP contribution in [0.1, 0.15) is 12.0 Å². The molecule has 6 nitrogen and oxygen atoms in total. The molecule has 2 heterocycles. The molecule has 6 heteroatoms. The summed E-state index contributed by atoms with van der Waals surface area (Å²) < 4.78 is 1.72. The molecule has 0 saturated heterocycles. The zero-order chi connectivity index (χ0) is 17.4. The molecule has 0 fully saturated rings. The normalized spacial score (nSPS) is 14.6. The quantitative estimate of drug-likeness (QED) is 0.540. The van der Waals surface area contributed by atoms with Gasteiger partial charge in [0.2, 0.25) is 12.1 Å². The van der Waals surface area contributed by atoms with Gasteiger partial charge in [0, 0.05) is 20.1 Å². The Balaban J connectivity index is 1.67. The van der Waals surface area contributed by atoms with Gasteiger partial charge in [0.05, 0.1) is 0 Å². The molecule has 0 atom stereocenters. The number of benzene rings is 2. The molecule has 0 saturated carbocycles. The van der Waals surface area contributed by atoms with Crippen LogP contribution in [0.2, 0.25) is 0 Å². The van der Waals surface area contributed by atoms with Crippen LogP contribution in [0, 0.1) is 10.1 Å². The summed E-state index contributed by atoms with van der Waals surface area (Å²) in [5, 5.41) is 13.7. The molecule has 0 bridgehead atoms. The van der Waals surface area contributed by atoms with Crippen molar-refractivity contribution in [3.05, 3.63) is 70.5 Å². The van der Waals surface area contributed by atoms with Crippen molar-refractivity contribution >= 4 is 28.0 Å². The molecule has 0 amide bonds. The lowest BCUT2D eigenvalue weighted by Crippen LogP contribution is -2.30. The van der Waals surface area contributed by atoms with Crippen LogP contribution >= 0.6 is 0 Å². The summed E-state index contributed by atoms with van der Waals surface area (Å²) in [4.78, 5) is 16.7. The standard InChI is InChI=1S/C19H18N4O2/c1-21-13-20-18(23(24)25)19(21)22-11-9-15(10-12-22)17-8-4-6-14-5-2-3-7-16(14)17/h2-9,13H,10-12H2,1H3. The zero-order valence-corrected chi connectivity index (χ0v) is 13.9.